The van der Waals surface area contributed by atoms with E-state index in [4.69, 9.17) is 0 Å². The second kappa shape index (κ2) is 5.40. The van der Waals surface area contributed by atoms with Crippen LogP contribution in [0.15, 0.2) is 18.2 Å². The predicted molar refractivity (Wildman–Crippen MR) is 79.6 cm³/mol. The Bertz CT molecular complexity index is 587. The van der Waals surface area contributed by atoms with Gasteiger partial charge in [0.25, 0.3) is 0 Å². The lowest BCUT2D eigenvalue weighted by atomic mass is 9.90. The zero-order valence-electron chi connectivity index (χ0n) is 12.0. The van der Waals surface area contributed by atoms with Crippen molar-refractivity contribution in [3.8, 4) is 0 Å². The molecule has 0 bridgehead atoms. The van der Waals surface area contributed by atoms with E-state index in [0.717, 1.165) is 29.8 Å². The first kappa shape index (κ1) is 13.4. The monoisotopic (exact) mass is 276 g/mol. The molecule has 2 N–H and O–H groups in total. The van der Waals surface area contributed by atoms with E-state index in [0.29, 0.717) is 12.1 Å². The van der Waals surface area contributed by atoms with Gasteiger partial charge in [-0.05, 0) is 50.9 Å². The standard InChI is InChI=1S/C15H21FN4/c1-17-11-4-6-12(7-5-11)20(2)15-18-13-8-3-10(16)9-14(13)19-15/h3,8-9,11-12,17H,4-7H2,1-2H3,(H,18,19). The van der Waals surface area contributed by atoms with Crippen molar-refractivity contribution < 1.29 is 4.39 Å². The molecular weight excluding hydrogens is 255 g/mol. The molecule has 1 aliphatic carbocycles. The number of nitrogens with zero attached hydrogens (tertiary/aromatic N) is 2. The molecule has 0 unspecified atom stereocenters. The number of nitrogens with one attached hydrogen (secondary N) is 2. The Morgan fingerprint density at radius 3 is 2.75 bits per heavy atom. The zero-order chi connectivity index (χ0) is 14.1. The maximum atomic E-state index is 13.2. The van der Waals surface area contributed by atoms with Gasteiger partial charge in [-0.3, -0.25) is 0 Å². The molecule has 1 heterocycles. The molecule has 0 saturated heterocycles. The molecule has 5 heteroatoms. The van der Waals surface area contributed by atoms with Gasteiger partial charge in [-0.2, -0.15) is 0 Å². The molecule has 108 valence electrons. The molecule has 0 amide bonds. The third-order valence-corrected chi connectivity index (χ3v) is 4.42. The molecule has 4 nitrogen and oxygen atoms in total. The van der Waals surface area contributed by atoms with Gasteiger partial charge in [0.15, 0.2) is 0 Å². The van der Waals surface area contributed by atoms with Crippen molar-refractivity contribution in [2.24, 2.45) is 0 Å². The number of H-pyrrole nitrogens is 1. The molecule has 0 spiro atoms. The third kappa shape index (κ3) is 2.50. The molecule has 1 saturated carbocycles. The number of hydrogen-bond acceptors (Lipinski definition) is 3. The molecule has 2 aromatic rings. The largest absolute Gasteiger partial charge is 0.342 e. The van der Waals surface area contributed by atoms with Gasteiger partial charge < -0.3 is 15.2 Å². The minimum atomic E-state index is -0.232. The number of aromatic nitrogens is 2. The van der Waals surface area contributed by atoms with Crippen LogP contribution in [0.5, 0.6) is 0 Å². The van der Waals surface area contributed by atoms with Crippen LogP contribution in [0.3, 0.4) is 0 Å². The van der Waals surface area contributed by atoms with Crippen LogP contribution in [-0.4, -0.2) is 36.1 Å². The fraction of sp³-hybridized carbons (Fsp3) is 0.533. The number of hydrogen-bond donors (Lipinski definition) is 2. The first-order chi connectivity index (χ1) is 9.67. The molecule has 20 heavy (non-hydrogen) atoms. The van der Waals surface area contributed by atoms with Gasteiger partial charge in [0, 0.05) is 19.1 Å². The number of anilines is 1. The molecule has 0 radical (unpaired) electrons. The molecule has 1 fully saturated rings. The molecule has 3 rings (SSSR count). The Hall–Kier alpha value is -1.62. The summed E-state index contributed by atoms with van der Waals surface area (Å²) in [7, 11) is 4.10. The van der Waals surface area contributed by atoms with Gasteiger partial charge in [0.2, 0.25) is 5.95 Å². The third-order valence-electron chi connectivity index (χ3n) is 4.42. The highest BCUT2D eigenvalue weighted by atomic mass is 19.1. The molecule has 1 aliphatic rings. The lowest BCUT2D eigenvalue weighted by molar-refractivity contribution is 0.350. The lowest BCUT2D eigenvalue weighted by Crippen LogP contribution is -2.40. The average Bonchev–Trinajstić information content (AvgIpc) is 2.89. The summed E-state index contributed by atoms with van der Waals surface area (Å²) in [6.07, 6.45) is 4.71. The summed E-state index contributed by atoms with van der Waals surface area (Å²) in [5.74, 6) is 0.600. The van der Waals surface area contributed by atoms with Crippen molar-refractivity contribution in [1.29, 1.82) is 0 Å². The summed E-state index contributed by atoms with van der Waals surface area (Å²) >= 11 is 0. The second-order valence-corrected chi connectivity index (χ2v) is 5.63. The van der Waals surface area contributed by atoms with Crippen LogP contribution in [0.4, 0.5) is 10.3 Å². The Labute approximate surface area is 118 Å². The van der Waals surface area contributed by atoms with Gasteiger partial charge in [0.1, 0.15) is 5.82 Å². The number of benzene rings is 1. The maximum absolute atomic E-state index is 13.2. The molecule has 0 aliphatic heterocycles. The van der Waals surface area contributed by atoms with Crippen molar-refractivity contribution in [2.45, 2.75) is 37.8 Å². The van der Waals surface area contributed by atoms with Crippen LogP contribution in [0, 0.1) is 5.82 Å². The van der Waals surface area contributed by atoms with E-state index < -0.39 is 0 Å². The Morgan fingerprint density at radius 1 is 1.30 bits per heavy atom. The van der Waals surface area contributed by atoms with Gasteiger partial charge in [-0.1, -0.05) is 0 Å². The van der Waals surface area contributed by atoms with Crippen molar-refractivity contribution in [2.75, 3.05) is 19.0 Å². The van der Waals surface area contributed by atoms with E-state index in [9.17, 15) is 4.39 Å². The van der Waals surface area contributed by atoms with Crippen LogP contribution < -0.4 is 10.2 Å². The van der Waals surface area contributed by atoms with Crippen molar-refractivity contribution in [3.63, 3.8) is 0 Å². The average molecular weight is 276 g/mol. The molecular formula is C15H21FN4. The molecule has 1 aromatic carbocycles. The molecule has 0 atom stereocenters. The minimum absolute atomic E-state index is 0.232. The summed E-state index contributed by atoms with van der Waals surface area (Å²) in [6, 6.07) is 5.81. The van der Waals surface area contributed by atoms with Crippen molar-refractivity contribution in [1.82, 2.24) is 15.3 Å². The van der Waals surface area contributed by atoms with Crippen LogP contribution in [0.1, 0.15) is 25.7 Å². The minimum Gasteiger partial charge on any atom is -0.342 e. The number of fused-ring (bicyclic) bond motifs is 1. The van der Waals surface area contributed by atoms with E-state index in [1.54, 1.807) is 6.07 Å². The van der Waals surface area contributed by atoms with Gasteiger partial charge in [-0.25, -0.2) is 9.37 Å². The fourth-order valence-corrected chi connectivity index (χ4v) is 3.06. The number of imidazole rings is 1. The highest BCUT2D eigenvalue weighted by molar-refractivity contribution is 5.77. The van der Waals surface area contributed by atoms with Crippen LogP contribution in [-0.2, 0) is 0 Å². The van der Waals surface area contributed by atoms with E-state index in [2.05, 4.69) is 27.2 Å². The van der Waals surface area contributed by atoms with E-state index in [1.165, 1.54) is 25.0 Å². The van der Waals surface area contributed by atoms with E-state index in [-0.39, 0.29) is 5.82 Å². The van der Waals surface area contributed by atoms with Gasteiger partial charge in [0.05, 0.1) is 11.0 Å². The van der Waals surface area contributed by atoms with Crippen molar-refractivity contribution >= 4 is 17.0 Å². The maximum Gasteiger partial charge on any atom is 0.203 e. The Morgan fingerprint density at radius 2 is 2.05 bits per heavy atom. The van der Waals surface area contributed by atoms with Crippen LogP contribution in [0.2, 0.25) is 0 Å². The second-order valence-electron chi connectivity index (χ2n) is 5.63. The molecule has 1 aromatic heterocycles. The predicted octanol–water partition coefficient (Wildman–Crippen LogP) is 2.67. The summed E-state index contributed by atoms with van der Waals surface area (Å²) in [6.45, 7) is 0. The first-order valence-electron chi connectivity index (χ1n) is 7.22. The number of aromatic amines is 1. The Kier molecular flexibility index (Phi) is 3.61. The van der Waals surface area contributed by atoms with Gasteiger partial charge >= 0.3 is 0 Å². The fourth-order valence-electron chi connectivity index (χ4n) is 3.06. The topological polar surface area (TPSA) is 44.0 Å². The number of halogens is 1. The highest BCUT2D eigenvalue weighted by Crippen LogP contribution is 2.26. The quantitative estimate of drug-likeness (QED) is 0.906. The van der Waals surface area contributed by atoms with E-state index >= 15 is 0 Å². The SMILES string of the molecule is CNC1CCC(N(C)c2nc3ccc(F)cc3[nH]2)CC1. The smallest absolute Gasteiger partial charge is 0.203 e. The van der Waals surface area contributed by atoms with Crippen LogP contribution in [0.25, 0.3) is 11.0 Å². The van der Waals surface area contributed by atoms with Gasteiger partial charge in [-0.15, -0.1) is 0 Å². The van der Waals surface area contributed by atoms with E-state index in [1.807, 2.05) is 7.05 Å². The lowest BCUT2D eigenvalue weighted by Gasteiger charge is -2.34. The normalized spacial score (nSPS) is 23.1. The summed E-state index contributed by atoms with van der Waals surface area (Å²) in [5, 5.41) is 3.35. The highest BCUT2D eigenvalue weighted by Gasteiger charge is 2.24. The summed E-state index contributed by atoms with van der Waals surface area (Å²) < 4.78 is 13.2. The number of rotatable bonds is 3. The van der Waals surface area contributed by atoms with Crippen molar-refractivity contribution in [3.05, 3.63) is 24.0 Å². The summed E-state index contributed by atoms with van der Waals surface area (Å²) in [4.78, 5) is 9.97. The van der Waals surface area contributed by atoms with Crippen LogP contribution >= 0.6 is 0 Å². The zero-order valence-corrected chi connectivity index (χ0v) is 12.0. The Balaban J connectivity index is 1.77. The summed E-state index contributed by atoms with van der Waals surface area (Å²) in [5.41, 5.74) is 1.58. The first-order valence-corrected chi connectivity index (χ1v) is 7.22.